The number of aryl methyl sites for hydroxylation is 1. The van der Waals surface area contributed by atoms with E-state index in [0.717, 1.165) is 32.5 Å². The van der Waals surface area contributed by atoms with Gasteiger partial charge < -0.3 is 10.2 Å². The molecule has 2 fully saturated rings. The van der Waals surface area contributed by atoms with Crippen LogP contribution in [-0.4, -0.2) is 46.3 Å². The molecule has 0 saturated carbocycles. The first kappa shape index (κ1) is 13.6. The van der Waals surface area contributed by atoms with Crippen molar-refractivity contribution in [1.82, 2.24) is 20.0 Å². The van der Waals surface area contributed by atoms with Crippen molar-refractivity contribution in [2.45, 2.75) is 38.1 Å². The fourth-order valence-corrected chi connectivity index (χ4v) is 3.68. The summed E-state index contributed by atoms with van der Waals surface area (Å²) >= 11 is 0. The molecular formula is C15H24N4O. The fourth-order valence-electron chi connectivity index (χ4n) is 3.68. The van der Waals surface area contributed by atoms with Gasteiger partial charge in [0.15, 0.2) is 0 Å². The molecule has 0 bridgehead atoms. The van der Waals surface area contributed by atoms with Gasteiger partial charge in [-0.2, -0.15) is 5.10 Å². The predicted molar refractivity (Wildman–Crippen MR) is 77.3 cm³/mol. The second-order valence-corrected chi connectivity index (χ2v) is 6.05. The lowest BCUT2D eigenvalue weighted by atomic mass is 9.89. The number of nitrogens with zero attached hydrogens (tertiary/aromatic N) is 3. The van der Waals surface area contributed by atoms with Crippen molar-refractivity contribution in [3.8, 4) is 0 Å². The van der Waals surface area contributed by atoms with Crippen LogP contribution < -0.4 is 5.32 Å². The zero-order chi connectivity index (χ0) is 14.1. The number of hydrogen-bond acceptors (Lipinski definition) is 3. The van der Waals surface area contributed by atoms with Crippen LogP contribution in [0.3, 0.4) is 0 Å². The van der Waals surface area contributed by atoms with E-state index < -0.39 is 0 Å². The molecule has 2 saturated heterocycles. The number of hydrogen-bond donors (Lipinski definition) is 1. The monoisotopic (exact) mass is 276 g/mol. The maximum atomic E-state index is 12.9. The minimum absolute atomic E-state index is 0.0753. The standard InChI is InChI=1S/C15H24N4O/c1-3-12-5-4-6-19(12)15(20)14-9-16-8-13(14)11-7-17-18(2)10-11/h7,10,12-14,16H,3-6,8-9H2,1-2H3/t12?,13-,14+/m1/s1. The molecule has 3 rings (SSSR count). The lowest BCUT2D eigenvalue weighted by Gasteiger charge is -2.28. The predicted octanol–water partition coefficient (Wildman–Crippen LogP) is 1.12. The van der Waals surface area contributed by atoms with Crippen LogP contribution in [0.25, 0.3) is 0 Å². The molecule has 1 N–H and O–H groups in total. The Hall–Kier alpha value is -1.36. The number of nitrogens with one attached hydrogen (secondary N) is 1. The highest BCUT2D eigenvalue weighted by Gasteiger charge is 2.39. The molecule has 2 aliphatic heterocycles. The summed E-state index contributed by atoms with van der Waals surface area (Å²) < 4.78 is 1.82. The largest absolute Gasteiger partial charge is 0.339 e. The minimum atomic E-state index is 0.0753. The Morgan fingerprint density at radius 2 is 2.35 bits per heavy atom. The quantitative estimate of drug-likeness (QED) is 0.900. The third-order valence-corrected chi connectivity index (χ3v) is 4.82. The number of amides is 1. The third kappa shape index (κ3) is 2.35. The fraction of sp³-hybridized carbons (Fsp3) is 0.733. The van der Waals surface area contributed by atoms with E-state index in [9.17, 15) is 4.79 Å². The van der Waals surface area contributed by atoms with Gasteiger partial charge in [0, 0.05) is 44.8 Å². The molecular weight excluding hydrogens is 252 g/mol. The van der Waals surface area contributed by atoms with Crippen molar-refractivity contribution in [3.05, 3.63) is 18.0 Å². The van der Waals surface area contributed by atoms with Gasteiger partial charge in [-0.15, -0.1) is 0 Å². The molecule has 0 spiro atoms. The molecule has 0 aromatic carbocycles. The minimum Gasteiger partial charge on any atom is -0.339 e. The highest BCUT2D eigenvalue weighted by Crippen LogP contribution is 2.32. The molecule has 1 aromatic rings. The maximum Gasteiger partial charge on any atom is 0.227 e. The summed E-state index contributed by atoms with van der Waals surface area (Å²) in [5, 5.41) is 7.63. The summed E-state index contributed by atoms with van der Waals surface area (Å²) in [7, 11) is 1.93. The zero-order valence-corrected chi connectivity index (χ0v) is 12.4. The van der Waals surface area contributed by atoms with Crippen LogP contribution >= 0.6 is 0 Å². The van der Waals surface area contributed by atoms with Gasteiger partial charge in [-0.1, -0.05) is 6.92 Å². The van der Waals surface area contributed by atoms with Gasteiger partial charge in [-0.3, -0.25) is 9.48 Å². The van der Waals surface area contributed by atoms with E-state index in [-0.39, 0.29) is 11.8 Å². The molecule has 20 heavy (non-hydrogen) atoms. The SMILES string of the molecule is CCC1CCCN1C(=O)[C@H]1CNC[C@@H]1c1cnn(C)c1. The molecule has 1 aromatic heterocycles. The smallest absolute Gasteiger partial charge is 0.227 e. The van der Waals surface area contributed by atoms with Gasteiger partial charge in [-0.05, 0) is 24.8 Å². The topological polar surface area (TPSA) is 50.2 Å². The number of carbonyl (C=O) groups is 1. The number of aromatic nitrogens is 2. The Balaban J connectivity index is 1.76. The summed E-state index contributed by atoms with van der Waals surface area (Å²) in [6.07, 6.45) is 7.34. The summed E-state index contributed by atoms with van der Waals surface area (Å²) in [6.45, 7) is 4.80. The molecule has 1 unspecified atom stereocenters. The van der Waals surface area contributed by atoms with Crippen LogP contribution in [0, 0.1) is 5.92 Å². The van der Waals surface area contributed by atoms with Crippen LogP contribution in [0.1, 0.15) is 37.7 Å². The Kier molecular flexibility index (Phi) is 3.78. The molecule has 5 nitrogen and oxygen atoms in total. The first-order valence-corrected chi connectivity index (χ1v) is 7.70. The van der Waals surface area contributed by atoms with Crippen molar-refractivity contribution < 1.29 is 4.79 Å². The van der Waals surface area contributed by atoms with Crippen LogP contribution in [0.4, 0.5) is 0 Å². The van der Waals surface area contributed by atoms with Gasteiger partial charge in [-0.25, -0.2) is 0 Å². The average molecular weight is 276 g/mol. The lowest BCUT2D eigenvalue weighted by Crippen LogP contribution is -2.41. The molecule has 2 aliphatic rings. The van der Waals surface area contributed by atoms with E-state index in [4.69, 9.17) is 0 Å². The average Bonchev–Trinajstić information content (AvgIpc) is 3.17. The molecule has 5 heteroatoms. The molecule has 110 valence electrons. The molecule has 0 aliphatic carbocycles. The Labute approximate surface area is 120 Å². The maximum absolute atomic E-state index is 12.9. The second kappa shape index (κ2) is 5.56. The summed E-state index contributed by atoms with van der Waals surface area (Å²) in [5.74, 6) is 0.689. The van der Waals surface area contributed by atoms with E-state index >= 15 is 0 Å². The Morgan fingerprint density at radius 3 is 3.05 bits per heavy atom. The van der Waals surface area contributed by atoms with Gasteiger partial charge in [0.25, 0.3) is 0 Å². The van der Waals surface area contributed by atoms with Crippen molar-refractivity contribution in [3.63, 3.8) is 0 Å². The molecule has 1 amide bonds. The van der Waals surface area contributed by atoms with E-state index in [0.29, 0.717) is 11.9 Å². The Morgan fingerprint density at radius 1 is 1.50 bits per heavy atom. The van der Waals surface area contributed by atoms with Crippen LogP contribution in [0.15, 0.2) is 12.4 Å². The van der Waals surface area contributed by atoms with Gasteiger partial charge >= 0.3 is 0 Å². The van der Waals surface area contributed by atoms with Gasteiger partial charge in [0.05, 0.1) is 12.1 Å². The lowest BCUT2D eigenvalue weighted by molar-refractivity contribution is -0.136. The molecule has 3 heterocycles. The van der Waals surface area contributed by atoms with E-state index in [1.54, 1.807) is 0 Å². The van der Waals surface area contributed by atoms with Crippen molar-refractivity contribution in [2.24, 2.45) is 13.0 Å². The third-order valence-electron chi connectivity index (χ3n) is 4.82. The van der Waals surface area contributed by atoms with Crippen LogP contribution in [0.2, 0.25) is 0 Å². The highest BCUT2D eigenvalue weighted by atomic mass is 16.2. The number of carbonyl (C=O) groups excluding carboxylic acids is 1. The Bertz CT molecular complexity index is 484. The zero-order valence-electron chi connectivity index (χ0n) is 12.4. The molecule has 3 atom stereocenters. The van der Waals surface area contributed by atoms with Crippen LogP contribution in [0.5, 0.6) is 0 Å². The van der Waals surface area contributed by atoms with Crippen molar-refractivity contribution in [1.29, 1.82) is 0 Å². The van der Waals surface area contributed by atoms with Gasteiger partial charge in [0.2, 0.25) is 5.91 Å². The van der Waals surface area contributed by atoms with Gasteiger partial charge in [0.1, 0.15) is 0 Å². The summed E-state index contributed by atoms with van der Waals surface area (Å²) in [5.41, 5.74) is 1.18. The summed E-state index contributed by atoms with van der Waals surface area (Å²) in [4.78, 5) is 15.0. The van der Waals surface area contributed by atoms with E-state index in [1.165, 1.54) is 12.0 Å². The highest BCUT2D eigenvalue weighted by molar-refractivity contribution is 5.81. The number of rotatable bonds is 3. The number of likely N-dealkylation sites (tertiary alicyclic amines) is 1. The summed E-state index contributed by atoms with van der Waals surface area (Å²) in [6, 6.07) is 0.456. The van der Waals surface area contributed by atoms with E-state index in [1.807, 2.05) is 24.1 Å². The first-order chi connectivity index (χ1) is 9.70. The van der Waals surface area contributed by atoms with Crippen molar-refractivity contribution >= 4 is 5.91 Å². The molecule has 0 radical (unpaired) electrons. The van der Waals surface area contributed by atoms with E-state index in [2.05, 4.69) is 22.2 Å². The first-order valence-electron chi connectivity index (χ1n) is 7.70. The second-order valence-electron chi connectivity index (χ2n) is 6.05. The van der Waals surface area contributed by atoms with Crippen LogP contribution in [-0.2, 0) is 11.8 Å². The van der Waals surface area contributed by atoms with Crippen molar-refractivity contribution in [2.75, 3.05) is 19.6 Å². The normalized spacial score (nSPS) is 30.1.